The van der Waals surface area contributed by atoms with Crippen LogP contribution in [0, 0.1) is 11.6 Å². The van der Waals surface area contributed by atoms with Gasteiger partial charge in [-0.25, -0.2) is 8.78 Å². The number of anilines is 1. The number of nitrogens with one attached hydrogen (secondary N) is 1. The fourth-order valence-corrected chi connectivity index (χ4v) is 4.73. The van der Waals surface area contributed by atoms with Crippen molar-refractivity contribution in [3.05, 3.63) is 76.9 Å². The van der Waals surface area contributed by atoms with Crippen LogP contribution in [-0.4, -0.2) is 22.3 Å². The molecule has 0 radical (unpaired) electrons. The Morgan fingerprint density at radius 3 is 2.71 bits per heavy atom. The van der Waals surface area contributed by atoms with E-state index in [1.54, 1.807) is 16.9 Å². The second-order valence-corrected chi connectivity index (χ2v) is 8.28. The summed E-state index contributed by atoms with van der Waals surface area (Å²) in [6, 6.07) is 11.1. The lowest BCUT2D eigenvalue weighted by Gasteiger charge is -2.09. The van der Waals surface area contributed by atoms with Gasteiger partial charge in [0.15, 0.2) is 0 Å². The molecule has 0 saturated heterocycles. The summed E-state index contributed by atoms with van der Waals surface area (Å²) in [5.74, 6) is -1.44. The number of rotatable bonds is 3. The van der Waals surface area contributed by atoms with E-state index in [-0.39, 0.29) is 0 Å². The quantitative estimate of drug-likeness (QED) is 0.474. The highest BCUT2D eigenvalue weighted by Crippen LogP contribution is 2.42. The second-order valence-electron chi connectivity index (χ2n) is 7.23. The van der Waals surface area contributed by atoms with E-state index < -0.39 is 23.2 Å². The van der Waals surface area contributed by atoms with Gasteiger partial charge >= 0.3 is 0 Å². The number of thiophene rings is 1. The first-order valence-corrected chi connectivity index (χ1v) is 10.5. The molecular weight excluding hydrogens is 420 g/mol. The van der Waals surface area contributed by atoms with Crippen LogP contribution in [0.4, 0.5) is 14.5 Å². The molecule has 5 nitrogen and oxygen atoms in total. The van der Waals surface area contributed by atoms with E-state index in [1.165, 1.54) is 17.4 Å². The summed E-state index contributed by atoms with van der Waals surface area (Å²) < 4.78 is 35.5. The molecule has 0 saturated carbocycles. The van der Waals surface area contributed by atoms with E-state index in [4.69, 9.17) is 4.74 Å². The van der Waals surface area contributed by atoms with Crippen LogP contribution in [0.15, 0.2) is 54.9 Å². The first-order chi connectivity index (χ1) is 15.0. The van der Waals surface area contributed by atoms with E-state index >= 15 is 0 Å². The smallest absolute Gasteiger partial charge is 0.265 e. The molecule has 1 aliphatic heterocycles. The number of aromatic nitrogens is 2. The van der Waals surface area contributed by atoms with Gasteiger partial charge in [-0.2, -0.15) is 5.10 Å². The molecule has 156 valence electrons. The Morgan fingerprint density at radius 2 is 1.97 bits per heavy atom. The molecule has 0 unspecified atom stereocenters. The molecule has 0 aliphatic carbocycles. The van der Waals surface area contributed by atoms with Gasteiger partial charge in [0.1, 0.15) is 23.1 Å². The topological polar surface area (TPSA) is 56.2 Å². The predicted molar refractivity (Wildman–Crippen MR) is 115 cm³/mol. The first kappa shape index (κ1) is 19.4. The van der Waals surface area contributed by atoms with Crippen LogP contribution in [0.1, 0.15) is 15.2 Å². The van der Waals surface area contributed by atoms with E-state index in [9.17, 15) is 13.6 Å². The van der Waals surface area contributed by atoms with Crippen LogP contribution < -0.4 is 10.1 Å². The molecule has 5 rings (SSSR count). The van der Waals surface area contributed by atoms with Crippen molar-refractivity contribution in [3.63, 3.8) is 0 Å². The monoisotopic (exact) mass is 437 g/mol. The van der Waals surface area contributed by atoms with Crippen LogP contribution in [0.2, 0.25) is 0 Å². The number of hydrogen-bond donors (Lipinski definition) is 1. The second kappa shape index (κ2) is 7.63. The molecule has 2 aromatic carbocycles. The summed E-state index contributed by atoms with van der Waals surface area (Å²) in [4.78, 5) is 14.0. The highest BCUT2D eigenvalue weighted by atomic mass is 32.1. The van der Waals surface area contributed by atoms with E-state index in [1.807, 2.05) is 31.4 Å². The Morgan fingerprint density at radius 1 is 1.16 bits per heavy atom. The zero-order valence-electron chi connectivity index (χ0n) is 16.5. The van der Waals surface area contributed by atoms with E-state index in [0.29, 0.717) is 17.9 Å². The average Bonchev–Trinajstić information content (AvgIpc) is 3.34. The molecule has 1 amide bonds. The van der Waals surface area contributed by atoms with E-state index in [2.05, 4.69) is 10.4 Å². The van der Waals surface area contributed by atoms with Crippen molar-refractivity contribution in [2.45, 2.75) is 6.42 Å². The maximum Gasteiger partial charge on any atom is 0.265 e. The van der Waals surface area contributed by atoms with Crippen molar-refractivity contribution in [2.24, 2.45) is 7.05 Å². The number of benzene rings is 2. The molecule has 3 heterocycles. The molecule has 31 heavy (non-hydrogen) atoms. The van der Waals surface area contributed by atoms with Crippen molar-refractivity contribution in [1.29, 1.82) is 0 Å². The van der Waals surface area contributed by atoms with Gasteiger partial charge in [0, 0.05) is 35.7 Å². The number of ether oxygens (including phenoxy) is 1. The minimum absolute atomic E-state index is 0.382. The third kappa shape index (κ3) is 3.59. The van der Waals surface area contributed by atoms with Crippen LogP contribution in [0.25, 0.3) is 21.6 Å². The lowest BCUT2D eigenvalue weighted by Crippen LogP contribution is -2.13. The van der Waals surface area contributed by atoms with Crippen LogP contribution in [-0.2, 0) is 13.5 Å². The minimum atomic E-state index is -0.814. The third-order valence-electron chi connectivity index (χ3n) is 5.13. The van der Waals surface area contributed by atoms with Crippen LogP contribution in [0.5, 0.6) is 5.75 Å². The van der Waals surface area contributed by atoms with Crippen molar-refractivity contribution in [2.75, 3.05) is 11.9 Å². The average molecular weight is 437 g/mol. The number of nitrogens with zero attached hydrogens (tertiary/aromatic N) is 2. The number of carbonyl (C=O) groups excluding carboxylic acids is 1. The molecule has 8 heteroatoms. The summed E-state index contributed by atoms with van der Waals surface area (Å²) in [5.41, 5.74) is 3.36. The Balaban J connectivity index is 1.52. The van der Waals surface area contributed by atoms with Gasteiger partial charge in [-0.05, 0) is 41.5 Å². The van der Waals surface area contributed by atoms with Crippen molar-refractivity contribution in [3.8, 4) is 27.3 Å². The summed E-state index contributed by atoms with van der Waals surface area (Å²) in [6.45, 7) is 0.478. The fraction of sp³-hybridized carbons (Fsp3) is 0.130. The minimum Gasteiger partial charge on any atom is -0.493 e. The number of aryl methyl sites for hydroxylation is 1. The number of halogens is 2. The van der Waals surface area contributed by atoms with Gasteiger partial charge < -0.3 is 10.1 Å². The van der Waals surface area contributed by atoms with Gasteiger partial charge in [-0.15, -0.1) is 11.3 Å². The maximum absolute atomic E-state index is 13.9. The normalized spacial score (nSPS) is 12.5. The Kier molecular flexibility index (Phi) is 4.78. The van der Waals surface area contributed by atoms with Crippen molar-refractivity contribution in [1.82, 2.24) is 9.78 Å². The van der Waals surface area contributed by atoms with Crippen molar-refractivity contribution >= 4 is 22.9 Å². The summed E-state index contributed by atoms with van der Waals surface area (Å²) in [5, 5.41) is 6.59. The first-order valence-electron chi connectivity index (χ1n) is 9.64. The van der Waals surface area contributed by atoms with Crippen LogP contribution in [0.3, 0.4) is 0 Å². The Labute approximate surface area is 180 Å². The Bertz CT molecular complexity index is 1290. The molecule has 4 aromatic rings. The van der Waals surface area contributed by atoms with Crippen LogP contribution >= 0.6 is 11.3 Å². The van der Waals surface area contributed by atoms with Gasteiger partial charge in [0.25, 0.3) is 5.91 Å². The van der Waals surface area contributed by atoms with Gasteiger partial charge in [-0.3, -0.25) is 9.48 Å². The zero-order chi connectivity index (χ0) is 21.5. The van der Waals surface area contributed by atoms with Gasteiger partial charge in [0.05, 0.1) is 17.7 Å². The molecule has 0 bridgehead atoms. The maximum atomic E-state index is 13.9. The third-order valence-corrected chi connectivity index (χ3v) is 6.33. The number of carbonyl (C=O) groups is 1. The summed E-state index contributed by atoms with van der Waals surface area (Å²) in [7, 11) is 1.86. The molecule has 0 atom stereocenters. The molecule has 0 fully saturated rings. The predicted octanol–water partition coefficient (Wildman–Crippen LogP) is 5.28. The number of amides is 1. The molecule has 1 aliphatic rings. The summed E-state index contributed by atoms with van der Waals surface area (Å²) >= 11 is 1.28. The largest absolute Gasteiger partial charge is 0.493 e. The lowest BCUT2D eigenvalue weighted by molar-refractivity contribution is 0.102. The standard InChI is InChI=1S/C23H17F2N3O2S/c1-28-12-15(11-26-28)13-5-6-19-16(9-13)22-14(7-8-30-19)10-20(31-22)23(29)27-21-17(24)3-2-4-18(21)25/h2-6,9-12H,7-8H2,1H3,(H,27,29). The zero-order valence-corrected chi connectivity index (χ0v) is 17.3. The molecule has 0 spiro atoms. The number of fused-ring (bicyclic) bond motifs is 3. The van der Waals surface area contributed by atoms with E-state index in [0.717, 1.165) is 45.0 Å². The lowest BCUT2D eigenvalue weighted by atomic mass is 10.0. The van der Waals surface area contributed by atoms with Crippen molar-refractivity contribution < 1.29 is 18.3 Å². The van der Waals surface area contributed by atoms with Gasteiger partial charge in [0.2, 0.25) is 0 Å². The molecule has 1 N–H and O–H groups in total. The highest BCUT2D eigenvalue weighted by Gasteiger charge is 2.23. The fourth-order valence-electron chi connectivity index (χ4n) is 3.60. The molecular formula is C23H17F2N3O2S. The Hall–Kier alpha value is -3.52. The SMILES string of the molecule is Cn1cc(-c2ccc3c(c2)-c2sc(C(=O)Nc4c(F)cccc4F)cc2CCO3)cn1. The molecule has 2 aromatic heterocycles. The van der Waals surface area contributed by atoms with Gasteiger partial charge in [-0.1, -0.05) is 12.1 Å². The highest BCUT2D eigenvalue weighted by molar-refractivity contribution is 7.17. The number of para-hydroxylation sites is 1. The number of hydrogen-bond acceptors (Lipinski definition) is 4. The summed E-state index contributed by atoms with van der Waals surface area (Å²) in [6.07, 6.45) is 4.34.